The number of aliphatic hydroxyl groups excluding tert-OH is 1. The highest BCUT2D eigenvalue weighted by molar-refractivity contribution is 4.97. The zero-order valence-corrected chi connectivity index (χ0v) is 10.5. The van der Waals surface area contributed by atoms with Crippen LogP contribution in [0.3, 0.4) is 0 Å². The fraction of sp³-hybridized carbons (Fsp3) is 1.00. The van der Waals surface area contributed by atoms with Crippen molar-refractivity contribution in [3.63, 3.8) is 0 Å². The Hall–Kier alpha value is -0.120. The van der Waals surface area contributed by atoms with Crippen molar-refractivity contribution in [1.29, 1.82) is 0 Å². The Bertz CT molecular complexity index is 226. The molecule has 2 rings (SSSR count). The van der Waals surface area contributed by atoms with Crippen LogP contribution >= 0.6 is 0 Å². The van der Waals surface area contributed by atoms with Crippen molar-refractivity contribution < 1.29 is 5.11 Å². The number of likely N-dealkylation sites (tertiary alicyclic amines) is 1. The van der Waals surface area contributed by atoms with Crippen molar-refractivity contribution in [3.05, 3.63) is 0 Å². The zero-order valence-electron chi connectivity index (χ0n) is 10.5. The van der Waals surface area contributed by atoms with Crippen LogP contribution in [0.15, 0.2) is 0 Å². The van der Waals surface area contributed by atoms with E-state index in [0.717, 1.165) is 18.8 Å². The predicted molar refractivity (Wildman–Crippen MR) is 66.2 cm³/mol. The molecule has 3 N–H and O–H groups in total. The van der Waals surface area contributed by atoms with Gasteiger partial charge in [0.25, 0.3) is 0 Å². The first kappa shape index (κ1) is 12.3. The predicted octanol–water partition coefficient (Wildman–Crippen LogP) is 1.35. The third kappa shape index (κ3) is 2.58. The summed E-state index contributed by atoms with van der Waals surface area (Å²) in [5, 5.41) is 9.28. The molecule has 0 aromatic rings. The van der Waals surface area contributed by atoms with E-state index in [1.807, 2.05) is 0 Å². The second-order valence-electron chi connectivity index (χ2n) is 5.80. The van der Waals surface area contributed by atoms with Gasteiger partial charge in [0, 0.05) is 11.6 Å². The Morgan fingerprint density at radius 2 is 2.00 bits per heavy atom. The lowest BCUT2D eigenvalue weighted by molar-refractivity contribution is 0.122. The Labute approximate surface area is 99.0 Å². The number of piperidine rings is 1. The van der Waals surface area contributed by atoms with E-state index in [9.17, 15) is 5.11 Å². The van der Waals surface area contributed by atoms with Crippen LogP contribution < -0.4 is 5.73 Å². The number of hydrogen-bond donors (Lipinski definition) is 2. The molecule has 1 aliphatic carbocycles. The van der Waals surface area contributed by atoms with Crippen LogP contribution in [0.25, 0.3) is 0 Å². The maximum absolute atomic E-state index is 9.28. The highest BCUT2D eigenvalue weighted by Crippen LogP contribution is 2.33. The van der Waals surface area contributed by atoms with Gasteiger partial charge in [0.15, 0.2) is 0 Å². The Morgan fingerprint density at radius 1 is 1.31 bits per heavy atom. The first-order valence-corrected chi connectivity index (χ1v) is 6.80. The van der Waals surface area contributed by atoms with E-state index in [1.165, 1.54) is 38.8 Å². The van der Waals surface area contributed by atoms with Crippen LogP contribution in [-0.2, 0) is 0 Å². The van der Waals surface area contributed by atoms with Crippen LogP contribution in [0.1, 0.15) is 45.4 Å². The van der Waals surface area contributed by atoms with Gasteiger partial charge in [-0.25, -0.2) is 0 Å². The third-order valence-electron chi connectivity index (χ3n) is 4.68. The van der Waals surface area contributed by atoms with Crippen molar-refractivity contribution in [2.75, 3.05) is 19.7 Å². The molecule has 1 heterocycles. The van der Waals surface area contributed by atoms with Crippen LogP contribution in [0.4, 0.5) is 0 Å². The van der Waals surface area contributed by atoms with Gasteiger partial charge in [-0.15, -0.1) is 0 Å². The summed E-state index contributed by atoms with van der Waals surface area (Å²) in [6.45, 7) is 4.93. The SMILES string of the molecule is CCC1CCN(C2CCC(N)(CO)C2)CC1. The molecule has 94 valence electrons. The average Bonchev–Trinajstić information content (AvgIpc) is 2.73. The molecule has 0 aromatic carbocycles. The van der Waals surface area contributed by atoms with E-state index in [0.29, 0.717) is 6.04 Å². The summed E-state index contributed by atoms with van der Waals surface area (Å²) in [5.74, 6) is 0.943. The highest BCUT2D eigenvalue weighted by atomic mass is 16.3. The number of rotatable bonds is 3. The Balaban J connectivity index is 1.82. The lowest BCUT2D eigenvalue weighted by atomic mass is 9.93. The fourth-order valence-electron chi connectivity index (χ4n) is 3.31. The van der Waals surface area contributed by atoms with Crippen LogP contribution in [0, 0.1) is 5.92 Å². The topological polar surface area (TPSA) is 49.5 Å². The van der Waals surface area contributed by atoms with E-state index in [2.05, 4.69) is 11.8 Å². The summed E-state index contributed by atoms with van der Waals surface area (Å²) in [6, 6.07) is 0.634. The molecule has 1 saturated heterocycles. The molecule has 0 amide bonds. The maximum atomic E-state index is 9.28. The van der Waals surface area contributed by atoms with E-state index in [4.69, 9.17) is 5.73 Å². The van der Waals surface area contributed by atoms with Gasteiger partial charge >= 0.3 is 0 Å². The van der Waals surface area contributed by atoms with Crippen molar-refractivity contribution >= 4 is 0 Å². The van der Waals surface area contributed by atoms with E-state index in [1.54, 1.807) is 0 Å². The quantitative estimate of drug-likeness (QED) is 0.764. The van der Waals surface area contributed by atoms with Crippen molar-refractivity contribution in [2.45, 2.75) is 57.0 Å². The van der Waals surface area contributed by atoms with Crippen LogP contribution in [-0.4, -0.2) is 41.3 Å². The maximum Gasteiger partial charge on any atom is 0.0611 e. The van der Waals surface area contributed by atoms with Crippen molar-refractivity contribution in [3.8, 4) is 0 Å². The molecule has 0 spiro atoms. The van der Waals surface area contributed by atoms with Gasteiger partial charge in [0.05, 0.1) is 6.61 Å². The monoisotopic (exact) mass is 226 g/mol. The normalized spacial score (nSPS) is 38.1. The molecular formula is C13H26N2O. The summed E-state index contributed by atoms with van der Waals surface area (Å²) < 4.78 is 0. The largest absolute Gasteiger partial charge is 0.394 e. The molecule has 0 radical (unpaired) electrons. The van der Waals surface area contributed by atoms with Gasteiger partial charge in [-0.1, -0.05) is 13.3 Å². The summed E-state index contributed by atoms with van der Waals surface area (Å²) in [4.78, 5) is 2.61. The summed E-state index contributed by atoms with van der Waals surface area (Å²) >= 11 is 0. The number of aliphatic hydroxyl groups is 1. The number of nitrogens with zero attached hydrogens (tertiary/aromatic N) is 1. The zero-order chi connectivity index (χ0) is 11.6. The minimum atomic E-state index is -0.285. The molecule has 2 fully saturated rings. The Morgan fingerprint density at radius 3 is 2.50 bits per heavy atom. The van der Waals surface area contributed by atoms with Crippen molar-refractivity contribution in [1.82, 2.24) is 4.90 Å². The number of hydrogen-bond acceptors (Lipinski definition) is 3. The molecule has 2 aliphatic rings. The van der Waals surface area contributed by atoms with Crippen LogP contribution in [0.2, 0.25) is 0 Å². The molecule has 2 unspecified atom stereocenters. The molecule has 16 heavy (non-hydrogen) atoms. The summed E-state index contributed by atoms with van der Waals surface area (Å²) in [5.41, 5.74) is 5.85. The van der Waals surface area contributed by atoms with E-state index >= 15 is 0 Å². The van der Waals surface area contributed by atoms with Gasteiger partial charge < -0.3 is 15.7 Å². The Kier molecular flexibility index (Phi) is 3.88. The number of nitrogens with two attached hydrogens (primary N) is 1. The van der Waals surface area contributed by atoms with Crippen LogP contribution in [0.5, 0.6) is 0 Å². The van der Waals surface area contributed by atoms with Crippen molar-refractivity contribution in [2.24, 2.45) is 11.7 Å². The van der Waals surface area contributed by atoms with E-state index < -0.39 is 0 Å². The standard InChI is InChI=1S/C13H26N2O/c1-2-11-4-7-15(8-5-11)12-3-6-13(14,9-12)10-16/h11-12,16H,2-10,14H2,1H3. The van der Waals surface area contributed by atoms with E-state index in [-0.39, 0.29) is 12.1 Å². The molecule has 0 aromatic heterocycles. The molecule has 1 saturated carbocycles. The van der Waals surface area contributed by atoms with Gasteiger partial charge in [-0.3, -0.25) is 0 Å². The molecular weight excluding hydrogens is 200 g/mol. The molecule has 3 heteroatoms. The van der Waals surface area contributed by atoms with Gasteiger partial charge in [0.1, 0.15) is 0 Å². The van der Waals surface area contributed by atoms with Gasteiger partial charge in [-0.2, -0.15) is 0 Å². The third-order valence-corrected chi connectivity index (χ3v) is 4.68. The summed E-state index contributed by atoms with van der Waals surface area (Å²) in [7, 11) is 0. The molecule has 2 atom stereocenters. The van der Waals surface area contributed by atoms with Gasteiger partial charge in [0.2, 0.25) is 0 Å². The summed E-state index contributed by atoms with van der Waals surface area (Å²) in [6.07, 6.45) is 7.18. The molecule has 3 nitrogen and oxygen atoms in total. The molecule has 1 aliphatic heterocycles. The average molecular weight is 226 g/mol. The lowest BCUT2D eigenvalue weighted by Gasteiger charge is -2.36. The first-order chi connectivity index (χ1) is 7.67. The minimum Gasteiger partial charge on any atom is -0.394 e. The second kappa shape index (κ2) is 5.03. The lowest BCUT2D eigenvalue weighted by Crippen LogP contribution is -2.45. The fourth-order valence-corrected chi connectivity index (χ4v) is 3.31. The minimum absolute atomic E-state index is 0.148. The van der Waals surface area contributed by atoms with Gasteiger partial charge in [-0.05, 0) is 51.1 Å². The highest BCUT2D eigenvalue weighted by Gasteiger charge is 2.38. The first-order valence-electron chi connectivity index (χ1n) is 6.80. The smallest absolute Gasteiger partial charge is 0.0611 e. The second-order valence-corrected chi connectivity index (χ2v) is 5.80. The molecule has 0 bridgehead atoms.